The molecule has 0 saturated heterocycles. The summed E-state index contributed by atoms with van der Waals surface area (Å²) in [6, 6.07) is 53.6. The Morgan fingerprint density at radius 1 is 0.333 bits per heavy atom. The number of imidazole rings is 1. The minimum atomic E-state index is 0.632. The number of hydrogen-bond acceptors (Lipinski definition) is 4. The predicted octanol–water partition coefficient (Wildman–Crippen LogP) is 9.52. The smallest absolute Gasteiger partial charge is 0.164 e. The fraction of sp³-hybridized carbons (Fsp3) is 0. The molecule has 5 nitrogen and oxygen atoms in total. The van der Waals surface area contributed by atoms with Gasteiger partial charge in [-0.2, -0.15) is 0 Å². The van der Waals surface area contributed by atoms with Gasteiger partial charge in [0.2, 0.25) is 0 Å². The first-order chi connectivity index (χ1) is 22.3. The van der Waals surface area contributed by atoms with Crippen molar-refractivity contribution in [1.29, 1.82) is 0 Å². The molecule has 0 saturated carbocycles. The van der Waals surface area contributed by atoms with Gasteiger partial charge in [-0.3, -0.25) is 4.40 Å². The Hall–Kier alpha value is -6.20. The summed E-state index contributed by atoms with van der Waals surface area (Å²) in [5.74, 6) is 1.92. The van der Waals surface area contributed by atoms with E-state index in [1.807, 2.05) is 84.9 Å². The molecular formula is C40H27N5. The highest BCUT2D eigenvalue weighted by Gasteiger charge is 2.17. The first-order valence-electron chi connectivity index (χ1n) is 14.9. The predicted molar refractivity (Wildman–Crippen MR) is 181 cm³/mol. The second-order valence-electron chi connectivity index (χ2n) is 10.8. The molecule has 0 bridgehead atoms. The molecule has 8 aromatic rings. The summed E-state index contributed by atoms with van der Waals surface area (Å²) >= 11 is 0. The van der Waals surface area contributed by atoms with E-state index in [9.17, 15) is 0 Å². The van der Waals surface area contributed by atoms with Crippen LogP contribution in [0.3, 0.4) is 0 Å². The van der Waals surface area contributed by atoms with Gasteiger partial charge in [-0.25, -0.2) is 19.9 Å². The van der Waals surface area contributed by atoms with E-state index in [-0.39, 0.29) is 0 Å². The SMILES string of the molecule is c1ccc(-c2nc(-c3ccccc3)nc(-c3cccc(-c4cccc(-c5nc6ccccn6c5-c5ccccc5)c4)c3)n2)cc1. The summed E-state index contributed by atoms with van der Waals surface area (Å²) in [7, 11) is 0. The maximum absolute atomic E-state index is 5.07. The molecule has 0 aliphatic heterocycles. The Kier molecular flexibility index (Phi) is 6.74. The number of pyridine rings is 1. The van der Waals surface area contributed by atoms with Crippen molar-refractivity contribution in [2.24, 2.45) is 0 Å². The molecule has 45 heavy (non-hydrogen) atoms. The molecule has 0 aliphatic carbocycles. The van der Waals surface area contributed by atoms with Crippen LogP contribution in [0.15, 0.2) is 164 Å². The van der Waals surface area contributed by atoms with Crippen LogP contribution in [0.1, 0.15) is 0 Å². The molecule has 212 valence electrons. The maximum Gasteiger partial charge on any atom is 0.164 e. The highest BCUT2D eigenvalue weighted by molar-refractivity contribution is 5.84. The van der Waals surface area contributed by atoms with Gasteiger partial charge >= 0.3 is 0 Å². The monoisotopic (exact) mass is 577 g/mol. The average molecular weight is 578 g/mol. The Morgan fingerprint density at radius 2 is 0.778 bits per heavy atom. The van der Waals surface area contributed by atoms with Crippen LogP contribution in [0, 0.1) is 0 Å². The molecule has 3 heterocycles. The summed E-state index contributed by atoms with van der Waals surface area (Å²) in [6.45, 7) is 0. The Morgan fingerprint density at radius 3 is 1.38 bits per heavy atom. The zero-order valence-corrected chi connectivity index (χ0v) is 24.3. The molecule has 0 amide bonds. The third-order valence-corrected chi connectivity index (χ3v) is 7.87. The number of nitrogens with zero attached hydrogens (tertiary/aromatic N) is 5. The second-order valence-corrected chi connectivity index (χ2v) is 10.8. The minimum absolute atomic E-state index is 0.632. The fourth-order valence-corrected chi connectivity index (χ4v) is 5.69. The zero-order chi connectivity index (χ0) is 30.0. The first-order valence-corrected chi connectivity index (χ1v) is 14.9. The third kappa shape index (κ3) is 5.17. The Bertz CT molecular complexity index is 2200. The molecule has 0 unspecified atom stereocenters. The van der Waals surface area contributed by atoms with E-state index < -0.39 is 0 Å². The van der Waals surface area contributed by atoms with Crippen LogP contribution in [0.5, 0.6) is 0 Å². The minimum Gasteiger partial charge on any atom is -0.299 e. The standard InChI is InChI=1S/C40H27N5/c1-4-14-28(15-5-1)37-36(41-35-24-10-11-25-45(35)37)33-22-12-20-31(26-33)32-21-13-23-34(27-32)40-43-38(29-16-6-2-7-17-29)42-39(44-40)30-18-8-3-9-19-30/h1-27H. The zero-order valence-electron chi connectivity index (χ0n) is 24.3. The normalized spacial score (nSPS) is 11.1. The van der Waals surface area contributed by atoms with E-state index >= 15 is 0 Å². The fourth-order valence-electron chi connectivity index (χ4n) is 5.69. The van der Waals surface area contributed by atoms with Gasteiger partial charge in [0.1, 0.15) is 5.65 Å². The van der Waals surface area contributed by atoms with Crippen molar-refractivity contribution in [3.63, 3.8) is 0 Å². The average Bonchev–Trinajstić information content (AvgIpc) is 3.53. The van der Waals surface area contributed by atoms with E-state index in [4.69, 9.17) is 19.9 Å². The number of benzene rings is 5. The Balaban J connectivity index is 1.23. The van der Waals surface area contributed by atoms with Gasteiger partial charge in [-0.1, -0.05) is 133 Å². The maximum atomic E-state index is 5.07. The lowest BCUT2D eigenvalue weighted by atomic mass is 9.98. The van der Waals surface area contributed by atoms with Crippen molar-refractivity contribution in [1.82, 2.24) is 24.3 Å². The molecule has 0 N–H and O–H groups in total. The van der Waals surface area contributed by atoms with Crippen LogP contribution in [-0.4, -0.2) is 24.3 Å². The van der Waals surface area contributed by atoms with Gasteiger partial charge in [-0.15, -0.1) is 0 Å². The van der Waals surface area contributed by atoms with Crippen molar-refractivity contribution in [2.75, 3.05) is 0 Å². The lowest BCUT2D eigenvalue weighted by Crippen LogP contribution is -2.00. The van der Waals surface area contributed by atoms with Crippen molar-refractivity contribution >= 4 is 5.65 Å². The van der Waals surface area contributed by atoms with Crippen LogP contribution in [-0.2, 0) is 0 Å². The van der Waals surface area contributed by atoms with Crippen molar-refractivity contribution in [3.05, 3.63) is 164 Å². The second kappa shape index (κ2) is 11.5. The van der Waals surface area contributed by atoms with Gasteiger partial charge in [0.25, 0.3) is 0 Å². The number of rotatable bonds is 6. The molecule has 0 spiro atoms. The van der Waals surface area contributed by atoms with Crippen molar-refractivity contribution in [2.45, 2.75) is 0 Å². The van der Waals surface area contributed by atoms with E-state index in [0.717, 1.165) is 56.0 Å². The van der Waals surface area contributed by atoms with Gasteiger partial charge in [-0.05, 0) is 35.4 Å². The summed E-state index contributed by atoms with van der Waals surface area (Å²) < 4.78 is 2.16. The Labute approximate surface area is 261 Å². The highest BCUT2D eigenvalue weighted by Crippen LogP contribution is 2.35. The molecule has 5 heteroatoms. The van der Waals surface area contributed by atoms with Crippen molar-refractivity contribution < 1.29 is 0 Å². The molecule has 8 rings (SSSR count). The van der Waals surface area contributed by atoms with E-state index in [2.05, 4.69) is 83.4 Å². The molecule has 0 radical (unpaired) electrons. The van der Waals surface area contributed by atoms with Gasteiger partial charge in [0.05, 0.1) is 11.4 Å². The molecule has 5 aromatic carbocycles. The van der Waals surface area contributed by atoms with Crippen LogP contribution >= 0.6 is 0 Å². The summed E-state index contributed by atoms with van der Waals surface area (Å²) in [5.41, 5.74) is 10.1. The summed E-state index contributed by atoms with van der Waals surface area (Å²) in [6.07, 6.45) is 2.07. The van der Waals surface area contributed by atoms with Crippen molar-refractivity contribution in [3.8, 4) is 67.8 Å². The highest BCUT2D eigenvalue weighted by atomic mass is 15.0. The lowest BCUT2D eigenvalue weighted by Gasteiger charge is -2.10. The molecule has 0 aliphatic rings. The molecule has 0 atom stereocenters. The quantitative estimate of drug-likeness (QED) is 0.197. The summed E-state index contributed by atoms with van der Waals surface area (Å²) in [5, 5.41) is 0. The lowest BCUT2D eigenvalue weighted by molar-refractivity contribution is 1.07. The van der Waals surface area contributed by atoms with Crippen LogP contribution in [0.25, 0.3) is 73.5 Å². The van der Waals surface area contributed by atoms with Crippen LogP contribution in [0.2, 0.25) is 0 Å². The topological polar surface area (TPSA) is 56.0 Å². The van der Waals surface area contributed by atoms with E-state index in [0.29, 0.717) is 17.5 Å². The van der Waals surface area contributed by atoms with Gasteiger partial charge in [0, 0.05) is 34.0 Å². The first kappa shape index (κ1) is 26.4. The number of fused-ring (bicyclic) bond motifs is 1. The molecule has 0 fully saturated rings. The van der Waals surface area contributed by atoms with Gasteiger partial charge < -0.3 is 0 Å². The number of hydrogen-bond donors (Lipinski definition) is 0. The molecule has 3 aromatic heterocycles. The van der Waals surface area contributed by atoms with Crippen LogP contribution < -0.4 is 0 Å². The van der Waals surface area contributed by atoms with E-state index in [1.54, 1.807) is 0 Å². The largest absolute Gasteiger partial charge is 0.299 e. The number of aromatic nitrogens is 5. The molecular weight excluding hydrogens is 550 g/mol. The van der Waals surface area contributed by atoms with E-state index in [1.165, 1.54) is 0 Å². The van der Waals surface area contributed by atoms with Gasteiger partial charge in [0.15, 0.2) is 17.5 Å². The third-order valence-electron chi connectivity index (χ3n) is 7.87. The van der Waals surface area contributed by atoms with Crippen LogP contribution in [0.4, 0.5) is 0 Å². The summed E-state index contributed by atoms with van der Waals surface area (Å²) in [4.78, 5) is 19.8.